The van der Waals surface area contributed by atoms with Crippen LogP contribution in [0.15, 0.2) is 18.8 Å². The Balaban J connectivity index is 3.38. The molecule has 5 nitrogen and oxygen atoms in total. The van der Waals surface area contributed by atoms with Crippen LogP contribution in [-0.4, -0.2) is 26.8 Å². The van der Waals surface area contributed by atoms with E-state index in [0.717, 1.165) is 0 Å². The van der Waals surface area contributed by atoms with Crippen LogP contribution in [0.3, 0.4) is 0 Å². The second-order valence-electron chi connectivity index (χ2n) is 2.28. The molecule has 5 heteroatoms. The zero-order valence-corrected chi connectivity index (χ0v) is 6.60. The molecule has 0 saturated heterocycles. The van der Waals surface area contributed by atoms with E-state index >= 15 is 0 Å². The third kappa shape index (κ3) is 1.44. The summed E-state index contributed by atoms with van der Waals surface area (Å²) in [6, 6.07) is 1.38. The van der Waals surface area contributed by atoms with E-state index in [1.807, 2.05) is 0 Å². The normalized spacial score (nSPS) is 9.54. The molecule has 0 radical (unpaired) electrons. The van der Waals surface area contributed by atoms with Gasteiger partial charge in [0.2, 0.25) is 0 Å². The smallest absolute Gasteiger partial charge is 0.416 e. The maximum absolute atomic E-state index is 10.6. The Hall–Kier alpha value is -2.04. The van der Waals surface area contributed by atoms with Gasteiger partial charge in [0.15, 0.2) is 0 Å². The molecular weight excluding hydrogens is 174 g/mol. The Morgan fingerprint density at radius 1 is 1.46 bits per heavy atom. The number of carbonyl (C=O) groups is 2. The topological polar surface area (TPSA) is 79.5 Å². The number of rotatable bonds is 2. The van der Waals surface area contributed by atoms with Crippen molar-refractivity contribution in [3.63, 3.8) is 0 Å². The Labute approximate surface area is 73.5 Å². The number of carboxylic acids is 1. The summed E-state index contributed by atoms with van der Waals surface area (Å²) in [5, 5.41) is 17.3. The van der Waals surface area contributed by atoms with Crippen molar-refractivity contribution < 1.29 is 19.8 Å². The van der Waals surface area contributed by atoms with Crippen molar-refractivity contribution in [2.75, 3.05) is 0 Å². The van der Waals surface area contributed by atoms with Gasteiger partial charge >= 0.3 is 12.1 Å². The van der Waals surface area contributed by atoms with E-state index in [1.165, 1.54) is 18.3 Å². The zero-order chi connectivity index (χ0) is 10.0. The lowest BCUT2D eigenvalue weighted by molar-refractivity contribution is 0.0684. The van der Waals surface area contributed by atoms with Gasteiger partial charge in [-0.25, -0.2) is 14.2 Å². The summed E-state index contributed by atoms with van der Waals surface area (Å²) in [4.78, 5) is 21.2. The lowest BCUT2D eigenvalue weighted by Crippen LogP contribution is -2.15. The van der Waals surface area contributed by atoms with Gasteiger partial charge in [0.1, 0.15) is 5.69 Å². The fraction of sp³-hybridized carbons (Fsp3) is 0. The molecule has 0 aromatic carbocycles. The van der Waals surface area contributed by atoms with E-state index in [1.54, 1.807) is 0 Å². The molecule has 1 rings (SSSR count). The first-order valence-corrected chi connectivity index (χ1v) is 3.38. The van der Waals surface area contributed by atoms with Crippen LogP contribution in [0.5, 0.6) is 0 Å². The van der Waals surface area contributed by atoms with E-state index in [9.17, 15) is 9.59 Å². The maximum atomic E-state index is 10.6. The van der Waals surface area contributed by atoms with Gasteiger partial charge in [-0.1, -0.05) is 12.7 Å². The summed E-state index contributed by atoms with van der Waals surface area (Å²) in [5.41, 5.74) is -0.00241. The molecule has 1 heterocycles. The van der Waals surface area contributed by atoms with Crippen molar-refractivity contribution in [2.24, 2.45) is 0 Å². The molecule has 0 amide bonds. The largest absolute Gasteiger partial charge is 0.477 e. The second-order valence-corrected chi connectivity index (χ2v) is 2.28. The number of hydrogen-bond acceptors (Lipinski definition) is 2. The van der Waals surface area contributed by atoms with Gasteiger partial charge in [-0.2, -0.15) is 0 Å². The standard InChI is InChI=1S/C8H7NO4/c1-2-5-3-4-9(8(12)13)6(5)7(10)11/h2-4H,1H2,(H,10,11)(H,12,13). The summed E-state index contributed by atoms with van der Waals surface area (Å²) >= 11 is 0. The molecular formula is C8H7NO4. The van der Waals surface area contributed by atoms with Crippen molar-refractivity contribution in [3.05, 3.63) is 30.1 Å². The molecule has 0 aliphatic carbocycles. The van der Waals surface area contributed by atoms with Gasteiger partial charge < -0.3 is 10.2 Å². The first-order chi connectivity index (χ1) is 6.07. The SMILES string of the molecule is C=Cc1ccn(C(=O)O)c1C(=O)O. The van der Waals surface area contributed by atoms with Gasteiger partial charge in [-0.05, 0) is 6.07 Å². The lowest BCUT2D eigenvalue weighted by atomic mass is 10.2. The van der Waals surface area contributed by atoms with Crippen LogP contribution in [0.25, 0.3) is 6.08 Å². The summed E-state index contributed by atoms with van der Waals surface area (Å²) in [7, 11) is 0. The van der Waals surface area contributed by atoms with Gasteiger partial charge in [0.05, 0.1) is 0 Å². The van der Waals surface area contributed by atoms with Crippen LogP contribution in [0.1, 0.15) is 16.1 Å². The average molecular weight is 181 g/mol. The van der Waals surface area contributed by atoms with Gasteiger partial charge in [-0.15, -0.1) is 0 Å². The van der Waals surface area contributed by atoms with Crippen molar-refractivity contribution in [3.8, 4) is 0 Å². The van der Waals surface area contributed by atoms with Crippen LogP contribution in [-0.2, 0) is 0 Å². The molecule has 1 aromatic rings. The maximum Gasteiger partial charge on any atom is 0.416 e. The Morgan fingerprint density at radius 3 is 2.46 bits per heavy atom. The fourth-order valence-electron chi connectivity index (χ4n) is 0.998. The number of aromatic nitrogens is 1. The average Bonchev–Trinajstić information content (AvgIpc) is 2.46. The Kier molecular flexibility index (Phi) is 2.19. The molecule has 13 heavy (non-hydrogen) atoms. The van der Waals surface area contributed by atoms with E-state index in [-0.39, 0.29) is 11.3 Å². The predicted octanol–water partition coefficient (Wildman–Crippen LogP) is 1.36. The highest BCUT2D eigenvalue weighted by molar-refractivity contribution is 5.94. The molecule has 0 atom stereocenters. The Morgan fingerprint density at radius 2 is 2.08 bits per heavy atom. The number of hydrogen-bond donors (Lipinski definition) is 2. The third-order valence-electron chi connectivity index (χ3n) is 1.55. The van der Waals surface area contributed by atoms with E-state index in [0.29, 0.717) is 4.57 Å². The van der Waals surface area contributed by atoms with E-state index in [4.69, 9.17) is 10.2 Å². The minimum atomic E-state index is -1.33. The summed E-state index contributed by atoms with van der Waals surface area (Å²) in [6.45, 7) is 3.38. The molecule has 0 unspecified atom stereocenters. The molecule has 1 aromatic heterocycles. The van der Waals surface area contributed by atoms with Crippen molar-refractivity contribution in [2.45, 2.75) is 0 Å². The molecule has 0 fully saturated rings. The van der Waals surface area contributed by atoms with Crippen molar-refractivity contribution >= 4 is 18.1 Å². The monoisotopic (exact) mass is 181 g/mol. The minimum Gasteiger partial charge on any atom is -0.477 e. The molecule has 0 aliphatic rings. The van der Waals surface area contributed by atoms with E-state index in [2.05, 4.69) is 6.58 Å². The first-order valence-electron chi connectivity index (χ1n) is 3.38. The van der Waals surface area contributed by atoms with Gasteiger partial charge in [0, 0.05) is 11.8 Å². The molecule has 0 spiro atoms. The fourth-order valence-corrected chi connectivity index (χ4v) is 0.998. The quantitative estimate of drug-likeness (QED) is 0.721. The van der Waals surface area contributed by atoms with Crippen LogP contribution in [0.2, 0.25) is 0 Å². The molecule has 0 aliphatic heterocycles. The summed E-state index contributed by atoms with van der Waals surface area (Å²) in [5.74, 6) is -1.29. The zero-order valence-electron chi connectivity index (χ0n) is 6.60. The number of carboxylic acid groups (broad SMARTS) is 2. The highest BCUT2D eigenvalue weighted by atomic mass is 16.4. The van der Waals surface area contributed by atoms with E-state index < -0.39 is 12.1 Å². The van der Waals surface area contributed by atoms with Crippen LogP contribution in [0, 0.1) is 0 Å². The van der Waals surface area contributed by atoms with Gasteiger partial charge in [0.25, 0.3) is 0 Å². The van der Waals surface area contributed by atoms with Crippen LogP contribution < -0.4 is 0 Å². The number of aromatic carboxylic acids is 1. The lowest BCUT2D eigenvalue weighted by Gasteiger charge is -1.99. The van der Waals surface area contributed by atoms with Crippen molar-refractivity contribution in [1.29, 1.82) is 0 Å². The van der Waals surface area contributed by atoms with Crippen LogP contribution in [0.4, 0.5) is 4.79 Å². The minimum absolute atomic E-state index is 0.287. The van der Waals surface area contributed by atoms with Gasteiger partial charge in [-0.3, -0.25) is 0 Å². The summed E-state index contributed by atoms with van der Waals surface area (Å²) in [6.07, 6.45) is 1.14. The van der Waals surface area contributed by atoms with Crippen LogP contribution >= 0.6 is 0 Å². The highest BCUT2D eigenvalue weighted by Gasteiger charge is 2.17. The number of nitrogens with zero attached hydrogens (tertiary/aromatic N) is 1. The molecule has 68 valence electrons. The predicted molar refractivity (Wildman–Crippen MR) is 44.9 cm³/mol. The molecule has 2 N–H and O–H groups in total. The second kappa shape index (κ2) is 3.14. The Bertz CT molecular complexity index is 377. The van der Waals surface area contributed by atoms with Crippen molar-refractivity contribution in [1.82, 2.24) is 4.57 Å². The molecule has 0 bridgehead atoms. The molecule has 0 saturated carbocycles. The highest BCUT2D eigenvalue weighted by Crippen LogP contribution is 2.12. The first kappa shape index (κ1) is 9.05. The third-order valence-corrected chi connectivity index (χ3v) is 1.55. The summed E-state index contributed by atoms with van der Waals surface area (Å²) < 4.78 is 0.638.